The van der Waals surface area contributed by atoms with Gasteiger partial charge >= 0.3 is 0 Å². The average Bonchev–Trinajstić information content (AvgIpc) is 3.05. The maximum Gasteiger partial charge on any atom is 0.258 e. The highest BCUT2D eigenvalue weighted by atomic mass is 19.1. The zero-order chi connectivity index (χ0) is 30.0. The standard InChI is InChI=1S/C27H35N3O2.C7H6F2/c1-6-22-11-10-12-23(17-22)18-28-16-15-20(3)29-26(31)27(5)21(4)30(7-2)25-14-9-8-13-24(25)19-32-27;1-5-2-6(8)4-7(9)3-5/h7-14,17,20,28H,2,4,6,15-16,18-19H2,1,3,5H3,(H,29,31);2-4H,1H3. The van der Waals surface area contributed by atoms with Gasteiger partial charge in [0.1, 0.15) is 11.6 Å². The number of fused-ring (bicyclic) bond motifs is 1. The third-order valence-electron chi connectivity index (χ3n) is 7.09. The quantitative estimate of drug-likeness (QED) is 0.278. The molecule has 0 aromatic heterocycles. The lowest BCUT2D eigenvalue weighted by Gasteiger charge is -2.34. The monoisotopic (exact) mass is 561 g/mol. The summed E-state index contributed by atoms with van der Waals surface area (Å²) in [5, 5.41) is 6.58. The number of hydrogen-bond acceptors (Lipinski definition) is 4. The van der Waals surface area contributed by atoms with E-state index >= 15 is 0 Å². The number of carbonyl (C=O) groups is 1. The molecule has 1 amide bonds. The van der Waals surface area contributed by atoms with Crippen molar-refractivity contribution in [3.05, 3.63) is 126 Å². The van der Waals surface area contributed by atoms with E-state index in [9.17, 15) is 13.6 Å². The van der Waals surface area contributed by atoms with E-state index < -0.39 is 17.2 Å². The predicted octanol–water partition coefficient (Wildman–Crippen LogP) is 6.96. The van der Waals surface area contributed by atoms with E-state index in [0.717, 1.165) is 43.2 Å². The number of hydrogen-bond donors (Lipinski definition) is 2. The average molecular weight is 562 g/mol. The van der Waals surface area contributed by atoms with Gasteiger partial charge in [0.15, 0.2) is 5.60 Å². The van der Waals surface area contributed by atoms with Gasteiger partial charge in [-0.1, -0.05) is 62.5 Å². The van der Waals surface area contributed by atoms with E-state index in [1.807, 2.05) is 36.1 Å². The third kappa shape index (κ3) is 8.59. The van der Waals surface area contributed by atoms with Gasteiger partial charge < -0.3 is 20.3 Å². The maximum absolute atomic E-state index is 13.3. The minimum atomic E-state index is -1.19. The van der Waals surface area contributed by atoms with Crippen molar-refractivity contribution >= 4 is 11.6 Å². The Bertz CT molecular complexity index is 1310. The molecule has 41 heavy (non-hydrogen) atoms. The van der Waals surface area contributed by atoms with E-state index in [-0.39, 0.29) is 11.9 Å². The molecular formula is C34H41F2N3O2. The van der Waals surface area contributed by atoms with Crippen molar-refractivity contribution in [2.75, 3.05) is 11.4 Å². The molecular weight excluding hydrogens is 520 g/mol. The molecule has 7 heteroatoms. The number of nitrogens with zero attached hydrogens (tertiary/aromatic N) is 1. The molecule has 218 valence electrons. The molecule has 0 radical (unpaired) electrons. The Hall–Kier alpha value is -3.81. The molecule has 2 N–H and O–H groups in total. The number of para-hydroxylation sites is 1. The van der Waals surface area contributed by atoms with E-state index in [1.165, 1.54) is 23.3 Å². The molecule has 1 aliphatic rings. The van der Waals surface area contributed by atoms with Gasteiger partial charge in [0.25, 0.3) is 5.91 Å². The zero-order valence-electron chi connectivity index (χ0n) is 24.5. The van der Waals surface area contributed by atoms with Crippen LogP contribution >= 0.6 is 0 Å². The molecule has 0 bridgehead atoms. The highest BCUT2D eigenvalue weighted by Crippen LogP contribution is 2.36. The molecule has 2 unspecified atom stereocenters. The number of anilines is 1. The Balaban J connectivity index is 0.000000436. The van der Waals surface area contributed by atoms with Crippen LogP contribution in [0.1, 0.15) is 49.4 Å². The number of aryl methyl sites for hydroxylation is 2. The Labute approximate surface area is 242 Å². The molecule has 2 atom stereocenters. The summed E-state index contributed by atoms with van der Waals surface area (Å²) < 4.78 is 30.5. The maximum atomic E-state index is 13.3. The first-order chi connectivity index (χ1) is 19.6. The summed E-state index contributed by atoms with van der Waals surface area (Å²) in [5.74, 6) is -1.23. The lowest BCUT2D eigenvalue weighted by Crippen LogP contribution is -2.52. The van der Waals surface area contributed by atoms with Crippen LogP contribution in [0.15, 0.2) is 91.8 Å². The van der Waals surface area contributed by atoms with E-state index in [2.05, 4.69) is 55.0 Å². The second kappa shape index (κ2) is 14.7. The number of halogens is 2. The molecule has 0 spiro atoms. The van der Waals surface area contributed by atoms with Crippen molar-refractivity contribution in [1.82, 2.24) is 10.6 Å². The van der Waals surface area contributed by atoms with Crippen molar-refractivity contribution in [3.63, 3.8) is 0 Å². The fraction of sp³-hybridized carbons (Fsp3) is 0.324. The van der Waals surface area contributed by atoms with Crippen LogP contribution in [-0.2, 0) is 29.1 Å². The van der Waals surface area contributed by atoms with Crippen LogP contribution in [0.2, 0.25) is 0 Å². The molecule has 1 aliphatic heterocycles. The second-order valence-corrected chi connectivity index (χ2v) is 10.4. The number of amides is 1. The molecule has 3 aromatic carbocycles. The molecule has 3 aromatic rings. The van der Waals surface area contributed by atoms with Gasteiger partial charge in [-0.05, 0) is 75.0 Å². The third-order valence-corrected chi connectivity index (χ3v) is 7.09. The van der Waals surface area contributed by atoms with Crippen LogP contribution in [0.5, 0.6) is 0 Å². The molecule has 0 aliphatic carbocycles. The Morgan fingerprint density at radius 1 is 1.10 bits per heavy atom. The van der Waals surface area contributed by atoms with Gasteiger partial charge in [-0.25, -0.2) is 8.78 Å². The number of rotatable bonds is 9. The Morgan fingerprint density at radius 3 is 2.44 bits per heavy atom. The van der Waals surface area contributed by atoms with Gasteiger partial charge in [-0.15, -0.1) is 0 Å². The van der Waals surface area contributed by atoms with Crippen LogP contribution in [0.4, 0.5) is 14.5 Å². The van der Waals surface area contributed by atoms with Crippen LogP contribution in [0.3, 0.4) is 0 Å². The number of nitrogens with one attached hydrogen (secondary N) is 2. The fourth-order valence-corrected chi connectivity index (χ4v) is 4.59. The van der Waals surface area contributed by atoms with Crippen molar-refractivity contribution in [3.8, 4) is 0 Å². The summed E-state index contributed by atoms with van der Waals surface area (Å²) in [5.41, 5.74) is 4.53. The van der Waals surface area contributed by atoms with E-state index in [4.69, 9.17) is 4.74 Å². The highest BCUT2D eigenvalue weighted by Gasteiger charge is 2.42. The summed E-state index contributed by atoms with van der Waals surface area (Å²) in [6.07, 6.45) is 3.53. The van der Waals surface area contributed by atoms with Crippen LogP contribution < -0.4 is 15.5 Å². The minimum Gasteiger partial charge on any atom is -0.354 e. The first-order valence-corrected chi connectivity index (χ1v) is 13.9. The van der Waals surface area contributed by atoms with E-state index in [1.54, 1.807) is 20.0 Å². The molecule has 5 nitrogen and oxygen atoms in total. The molecule has 0 saturated heterocycles. The first-order valence-electron chi connectivity index (χ1n) is 13.9. The van der Waals surface area contributed by atoms with Crippen LogP contribution in [0.25, 0.3) is 0 Å². The summed E-state index contributed by atoms with van der Waals surface area (Å²) in [6.45, 7) is 17.7. The van der Waals surface area contributed by atoms with Gasteiger partial charge in [0.2, 0.25) is 0 Å². The van der Waals surface area contributed by atoms with Gasteiger partial charge in [-0.2, -0.15) is 0 Å². The second-order valence-electron chi connectivity index (χ2n) is 10.4. The van der Waals surface area contributed by atoms with Gasteiger partial charge in [0.05, 0.1) is 18.0 Å². The van der Waals surface area contributed by atoms with Crippen molar-refractivity contribution in [2.24, 2.45) is 0 Å². The summed E-state index contributed by atoms with van der Waals surface area (Å²) >= 11 is 0. The van der Waals surface area contributed by atoms with Gasteiger partial charge in [-0.3, -0.25) is 4.79 Å². The normalized spacial score (nSPS) is 17.0. The Kier molecular flexibility index (Phi) is 11.4. The Morgan fingerprint density at radius 2 is 1.78 bits per heavy atom. The lowest BCUT2D eigenvalue weighted by molar-refractivity contribution is -0.142. The smallest absolute Gasteiger partial charge is 0.258 e. The zero-order valence-corrected chi connectivity index (χ0v) is 24.5. The van der Waals surface area contributed by atoms with E-state index in [0.29, 0.717) is 17.9 Å². The van der Waals surface area contributed by atoms with Crippen LogP contribution in [-0.4, -0.2) is 24.1 Å². The summed E-state index contributed by atoms with van der Waals surface area (Å²) in [7, 11) is 0. The SMILES string of the molecule is C=CN1C(=C)C(C)(C(=O)NC(C)CCNCc2cccc(CC)c2)OCc2ccccc21.Cc1cc(F)cc(F)c1. The lowest BCUT2D eigenvalue weighted by atomic mass is 9.99. The molecule has 0 saturated carbocycles. The predicted molar refractivity (Wildman–Crippen MR) is 162 cm³/mol. The highest BCUT2D eigenvalue weighted by molar-refractivity contribution is 5.90. The number of carbonyl (C=O) groups excluding carboxylic acids is 1. The van der Waals surface area contributed by atoms with Crippen LogP contribution in [0, 0.1) is 18.6 Å². The number of ether oxygens (including phenoxy) is 1. The molecule has 1 heterocycles. The topological polar surface area (TPSA) is 53.6 Å². The van der Waals surface area contributed by atoms with Gasteiger partial charge in [0, 0.05) is 30.4 Å². The minimum absolute atomic E-state index is 0.00647. The fourth-order valence-electron chi connectivity index (χ4n) is 4.59. The van der Waals surface area contributed by atoms with Crippen molar-refractivity contribution in [1.29, 1.82) is 0 Å². The summed E-state index contributed by atoms with van der Waals surface area (Å²) in [4.78, 5) is 15.1. The first kappa shape index (κ1) is 31.7. The van der Waals surface area contributed by atoms with Crippen molar-refractivity contribution in [2.45, 2.75) is 65.3 Å². The molecule has 4 rings (SSSR count). The number of benzene rings is 3. The summed E-state index contributed by atoms with van der Waals surface area (Å²) in [6, 6.07) is 19.9. The molecule has 0 fully saturated rings. The largest absolute Gasteiger partial charge is 0.354 e. The van der Waals surface area contributed by atoms with Crippen molar-refractivity contribution < 1.29 is 18.3 Å².